The second-order valence-corrected chi connectivity index (χ2v) is 5.38. The van der Waals surface area contributed by atoms with Crippen LogP contribution in [0.25, 0.3) is 6.08 Å². The Morgan fingerprint density at radius 2 is 1.81 bits per heavy atom. The van der Waals surface area contributed by atoms with Crippen LogP contribution in [0.4, 0.5) is 0 Å². The molecule has 2 rings (SSSR count). The van der Waals surface area contributed by atoms with Crippen LogP contribution in [0.1, 0.15) is 5.56 Å². The molecule has 0 aliphatic carbocycles. The maximum atomic E-state index is 11.3. The number of carboxylic acid groups (broad SMARTS) is 1. The van der Waals surface area contributed by atoms with Gasteiger partial charge in [-0.25, -0.2) is 0 Å². The standard InChI is InChI=1S/C16H20O9.K/c1-23-9-4-2-8(3-5-9)6-10(15(21)22)24-16-14(20)13(19)12(18)11(7-17)25-16;/h2-6,11-14,16-20H,7H2,1H3,(H,21,22);/q;+1/p-1/b10-6-;/t11-,12+,13+,14-,16-;/m1./s1. The summed E-state index contributed by atoms with van der Waals surface area (Å²) in [4.78, 5) is 11.3. The average molecular weight is 394 g/mol. The van der Waals surface area contributed by atoms with E-state index < -0.39 is 49.0 Å². The molecule has 1 aliphatic heterocycles. The number of rotatable bonds is 6. The Hall–Kier alpha value is -0.534. The van der Waals surface area contributed by atoms with Crippen molar-refractivity contribution in [2.75, 3.05) is 13.7 Å². The fourth-order valence-electron chi connectivity index (χ4n) is 2.28. The molecule has 1 heterocycles. The number of aliphatic carboxylic acids is 1. The van der Waals surface area contributed by atoms with Gasteiger partial charge in [0.2, 0.25) is 6.29 Å². The molecular formula is C16H19KO9. The number of ether oxygens (including phenoxy) is 3. The van der Waals surface area contributed by atoms with Gasteiger partial charge in [0.05, 0.1) is 13.7 Å². The molecule has 1 fully saturated rings. The summed E-state index contributed by atoms with van der Waals surface area (Å²) >= 11 is 0. The third-order valence-corrected chi connectivity index (χ3v) is 3.71. The summed E-state index contributed by atoms with van der Waals surface area (Å²) in [6.07, 6.45) is -6.67. The van der Waals surface area contributed by atoms with Crippen LogP contribution in [0.3, 0.4) is 0 Å². The number of hydrogen-bond acceptors (Lipinski definition) is 9. The molecule has 1 aromatic rings. The zero-order valence-electron chi connectivity index (χ0n) is 14.3. The third kappa shape index (κ3) is 5.73. The molecule has 138 valence electrons. The number of carboxylic acids is 1. The molecule has 10 heteroatoms. The zero-order chi connectivity index (χ0) is 18.6. The van der Waals surface area contributed by atoms with Crippen LogP contribution in [-0.2, 0) is 14.3 Å². The van der Waals surface area contributed by atoms with Crippen molar-refractivity contribution >= 4 is 12.0 Å². The minimum Gasteiger partial charge on any atom is -0.542 e. The van der Waals surface area contributed by atoms with E-state index in [4.69, 9.17) is 19.3 Å². The number of aliphatic hydroxyl groups excluding tert-OH is 4. The first-order valence-corrected chi connectivity index (χ1v) is 7.41. The Morgan fingerprint density at radius 3 is 2.31 bits per heavy atom. The summed E-state index contributed by atoms with van der Waals surface area (Å²) in [6, 6.07) is 6.34. The molecule has 1 aliphatic rings. The molecule has 0 saturated carbocycles. The number of carbonyl (C=O) groups excluding carboxylic acids is 1. The van der Waals surface area contributed by atoms with Crippen molar-refractivity contribution in [2.45, 2.75) is 30.7 Å². The SMILES string of the molecule is COc1ccc(/C=C(\O[C@@H]2O[C@H](CO)[C@H](O)[C@H](O)[C@H]2O)C(=O)[O-])cc1.[K+]. The molecule has 9 nitrogen and oxygen atoms in total. The van der Waals surface area contributed by atoms with Crippen LogP contribution in [0.2, 0.25) is 0 Å². The smallest absolute Gasteiger partial charge is 0.542 e. The number of methoxy groups -OCH3 is 1. The van der Waals surface area contributed by atoms with Crippen molar-refractivity contribution in [1.29, 1.82) is 0 Å². The predicted octanol–water partition coefficient (Wildman–Crippen LogP) is -5.39. The van der Waals surface area contributed by atoms with E-state index in [2.05, 4.69) is 0 Å². The van der Waals surface area contributed by atoms with Gasteiger partial charge in [0, 0.05) is 0 Å². The zero-order valence-corrected chi connectivity index (χ0v) is 17.4. The number of carbonyl (C=O) groups is 1. The van der Waals surface area contributed by atoms with Crippen LogP contribution in [0, 0.1) is 0 Å². The van der Waals surface area contributed by atoms with Crippen molar-refractivity contribution in [3.63, 3.8) is 0 Å². The summed E-state index contributed by atoms with van der Waals surface area (Å²) in [6.45, 7) is -0.659. The van der Waals surface area contributed by atoms with Gasteiger partial charge >= 0.3 is 51.4 Å². The van der Waals surface area contributed by atoms with E-state index in [1.165, 1.54) is 7.11 Å². The first-order chi connectivity index (χ1) is 11.9. The second-order valence-electron chi connectivity index (χ2n) is 5.38. The molecule has 26 heavy (non-hydrogen) atoms. The summed E-state index contributed by atoms with van der Waals surface area (Å²) in [7, 11) is 1.49. The van der Waals surface area contributed by atoms with Gasteiger partial charge in [-0.05, 0) is 23.8 Å². The Balaban J connectivity index is 0.00000338. The molecule has 0 bridgehead atoms. The van der Waals surface area contributed by atoms with Crippen LogP contribution in [0.5, 0.6) is 5.75 Å². The van der Waals surface area contributed by atoms with Crippen molar-refractivity contribution in [3.05, 3.63) is 35.6 Å². The normalized spacial score (nSPS) is 28.8. The Bertz CT molecular complexity index is 617. The van der Waals surface area contributed by atoms with Gasteiger partial charge in [-0.2, -0.15) is 0 Å². The molecule has 0 unspecified atom stereocenters. The molecule has 5 atom stereocenters. The Labute approximate surface area is 192 Å². The molecule has 1 aromatic carbocycles. The van der Waals surface area contributed by atoms with Gasteiger partial charge in [0.25, 0.3) is 0 Å². The van der Waals surface area contributed by atoms with Crippen LogP contribution in [-0.4, -0.2) is 70.8 Å². The molecule has 0 radical (unpaired) electrons. The minimum absolute atomic E-state index is 0. The summed E-state index contributed by atoms with van der Waals surface area (Å²) < 4.78 is 15.2. The van der Waals surface area contributed by atoms with Crippen molar-refractivity contribution in [1.82, 2.24) is 0 Å². The number of benzene rings is 1. The largest absolute Gasteiger partial charge is 1.00 e. The molecule has 1 saturated heterocycles. The number of hydrogen-bond donors (Lipinski definition) is 4. The summed E-state index contributed by atoms with van der Waals surface area (Å²) in [5.74, 6) is -1.76. The van der Waals surface area contributed by atoms with Crippen LogP contribution in [0.15, 0.2) is 30.0 Å². The van der Waals surface area contributed by atoms with Crippen molar-refractivity contribution in [2.24, 2.45) is 0 Å². The minimum atomic E-state index is -1.73. The predicted molar refractivity (Wildman–Crippen MR) is 80.8 cm³/mol. The number of aliphatic hydroxyl groups is 4. The third-order valence-electron chi connectivity index (χ3n) is 3.71. The van der Waals surface area contributed by atoms with Crippen LogP contribution < -0.4 is 61.2 Å². The summed E-state index contributed by atoms with van der Waals surface area (Å²) in [5, 5.41) is 49.7. The fourth-order valence-corrected chi connectivity index (χ4v) is 2.28. The monoisotopic (exact) mass is 394 g/mol. The van der Waals surface area contributed by atoms with Gasteiger partial charge in [-0.1, -0.05) is 12.1 Å². The van der Waals surface area contributed by atoms with Gasteiger partial charge < -0.3 is 44.5 Å². The van der Waals surface area contributed by atoms with Gasteiger partial charge in [0.15, 0.2) is 0 Å². The van der Waals surface area contributed by atoms with Gasteiger partial charge in [0.1, 0.15) is 41.9 Å². The molecule has 0 aromatic heterocycles. The Morgan fingerprint density at radius 1 is 1.19 bits per heavy atom. The quantitative estimate of drug-likeness (QED) is 0.211. The van der Waals surface area contributed by atoms with Crippen LogP contribution >= 0.6 is 0 Å². The van der Waals surface area contributed by atoms with Crippen molar-refractivity contribution < 1.29 is 95.9 Å². The maximum absolute atomic E-state index is 11.3. The molecule has 0 spiro atoms. The molecular weight excluding hydrogens is 375 g/mol. The van der Waals surface area contributed by atoms with E-state index in [9.17, 15) is 25.2 Å². The first-order valence-electron chi connectivity index (χ1n) is 7.41. The fraction of sp³-hybridized carbons (Fsp3) is 0.438. The van der Waals surface area contributed by atoms with E-state index in [1.807, 2.05) is 0 Å². The summed E-state index contributed by atoms with van der Waals surface area (Å²) in [5.41, 5.74) is 0.449. The van der Waals surface area contributed by atoms with Gasteiger partial charge in [-0.3, -0.25) is 0 Å². The van der Waals surface area contributed by atoms with E-state index in [0.29, 0.717) is 11.3 Å². The van der Waals surface area contributed by atoms with E-state index in [-0.39, 0.29) is 51.4 Å². The van der Waals surface area contributed by atoms with Gasteiger partial charge in [-0.15, -0.1) is 0 Å². The van der Waals surface area contributed by atoms with Crippen molar-refractivity contribution in [3.8, 4) is 5.75 Å². The Kier molecular flexibility index (Phi) is 9.68. The van der Waals surface area contributed by atoms with E-state index in [1.54, 1.807) is 24.3 Å². The van der Waals surface area contributed by atoms with E-state index >= 15 is 0 Å². The average Bonchev–Trinajstić information content (AvgIpc) is 2.61. The maximum Gasteiger partial charge on any atom is 1.00 e. The topological polar surface area (TPSA) is 149 Å². The van der Waals surface area contributed by atoms with E-state index in [0.717, 1.165) is 6.08 Å². The second kappa shape index (κ2) is 10.7. The molecule has 4 N–H and O–H groups in total. The first kappa shape index (κ1) is 23.5. The molecule has 0 amide bonds.